The van der Waals surface area contributed by atoms with E-state index in [9.17, 15) is 22.8 Å². The maximum atomic E-state index is 12.9. The summed E-state index contributed by atoms with van der Waals surface area (Å²) < 4.78 is 45.8. The van der Waals surface area contributed by atoms with Crippen LogP contribution >= 0.6 is 11.3 Å². The van der Waals surface area contributed by atoms with Gasteiger partial charge in [0, 0.05) is 30.6 Å². The lowest BCUT2D eigenvalue weighted by atomic mass is 10.1. The van der Waals surface area contributed by atoms with Crippen LogP contribution in [-0.2, 0) is 30.4 Å². The number of rotatable bonds is 4. The second-order valence-corrected chi connectivity index (χ2v) is 10.2. The zero-order chi connectivity index (χ0) is 25.4. The van der Waals surface area contributed by atoms with Gasteiger partial charge in [0.05, 0.1) is 24.1 Å². The Morgan fingerprint density at radius 1 is 1.23 bits per heavy atom. The number of carbonyl (C=O) groups is 2. The Balaban J connectivity index is 1.38. The summed E-state index contributed by atoms with van der Waals surface area (Å²) in [6.45, 7) is 6.30. The number of ether oxygens (including phenoxy) is 1. The van der Waals surface area contributed by atoms with Crippen molar-refractivity contribution in [2.75, 3.05) is 11.9 Å². The van der Waals surface area contributed by atoms with Crippen molar-refractivity contribution in [2.45, 2.75) is 52.1 Å². The molecule has 2 amide bonds. The Kier molecular flexibility index (Phi) is 6.58. The quantitative estimate of drug-likeness (QED) is 0.540. The summed E-state index contributed by atoms with van der Waals surface area (Å²) >= 11 is 1.26. The fourth-order valence-electron chi connectivity index (χ4n) is 3.52. The summed E-state index contributed by atoms with van der Waals surface area (Å²) in [7, 11) is 0. The maximum absolute atomic E-state index is 12.9. The highest BCUT2D eigenvalue weighted by Crippen LogP contribution is 2.30. The van der Waals surface area contributed by atoms with E-state index in [1.165, 1.54) is 29.9 Å². The highest BCUT2D eigenvalue weighted by molar-refractivity contribution is 7.13. The molecule has 4 rings (SSSR count). The molecule has 8 nitrogen and oxygen atoms in total. The topological polar surface area (TPSA) is 89.4 Å². The van der Waals surface area contributed by atoms with Crippen molar-refractivity contribution >= 4 is 29.2 Å². The minimum Gasteiger partial charge on any atom is -0.444 e. The smallest absolute Gasteiger partial charge is 0.416 e. The van der Waals surface area contributed by atoms with Crippen LogP contribution in [0.25, 0.3) is 0 Å². The molecule has 0 atom stereocenters. The van der Waals surface area contributed by atoms with Gasteiger partial charge in [0.25, 0.3) is 5.91 Å². The fourth-order valence-corrected chi connectivity index (χ4v) is 4.47. The summed E-state index contributed by atoms with van der Waals surface area (Å²) in [6, 6.07) is 5.04. The van der Waals surface area contributed by atoms with Gasteiger partial charge in [-0.05, 0) is 38.5 Å². The Morgan fingerprint density at radius 3 is 2.71 bits per heavy atom. The van der Waals surface area contributed by atoms with Crippen LogP contribution in [0.3, 0.4) is 0 Å². The summed E-state index contributed by atoms with van der Waals surface area (Å²) in [5.41, 5.74) is -0.208. The summed E-state index contributed by atoms with van der Waals surface area (Å²) in [5.74, 6) is -0.192. The van der Waals surface area contributed by atoms with E-state index in [-0.39, 0.29) is 23.9 Å². The summed E-state index contributed by atoms with van der Waals surface area (Å²) in [4.78, 5) is 36.1. The van der Waals surface area contributed by atoms with Crippen LogP contribution in [0.1, 0.15) is 52.3 Å². The molecule has 0 saturated carbocycles. The average molecular weight is 508 g/mol. The lowest BCUT2D eigenvalue weighted by Crippen LogP contribution is -2.39. The van der Waals surface area contributed by atoms with E-state index < -0.39 is 29.3 Å². The van der Waals surface area contributed by atoms with Crippen LogP contribution in [0, 0.1) is 0 Å². The van der Waals surface area contributed by atoms with Gasteiger partial charge in [0.15, 0.2) is 10.8 Å². The number of amides is 2. The number of anilines is 1. The van der Waals surface area contributed by atoms with Gasteiger partial charge in [-0.1, -0.05) is 12.1 Å². The highest BCUT2D eigenvalue weighted by Gasteiger charge is 2.31. The van der Waals surface area contributed by atoms with Gasteiger partial charge in [-0.15, -0.1) is 11.3 Å². The first-order valence-corrected chi connectivity index (χ1v) is 11.6. The predicted octanol–water partition coefficient (Wildman–Crippen LogP) is 4.95. The Morgan fingerprint density at radius 2 is 2.00 bits per heavy atom. The van der Waals surface area contributed by atoms with E-state index in [4.69, 9.17) is 4.74 Å². The van der Waals surface area contributed by atoms with E-state index in [0.29, 0.717) is 24.2 Å². The van der Waals surface area contributed by atoms with Crippen LogP contribution in [0.5, 0.6) is 0 Å². The summed E-state index contributed by atoms with van der Waals surface area (Å²) in [5, 5.41) is 2.91. The number of hydrogen-bond acceptors (Lipinski definition) is 6. The Bertz CT molecular complexity index is 1250. The van der Waals surface area contributed by atoms with Crippen molar-refractivity contribution in [2.24, 2.45) is 0 Å². The molecule has 0 spiro atoms. The SMILES string of the molecule is CC(C)(C)OC(=O)N1CCc2sc(C(=O)Nc3cn(Cc4cccc(C(F)(F)F)c4)cn3)nc2C1. The van der Waals surface area contributed by atoms with Crippen LogP contribution in [-0.4, -0.2) is 43.6 Å². The van der Waals surface area contributed by atoms with E-state index in [2.05, 4.69) is 15.3 Å². The van der Waals surface area contributed by atoms with Gasteiger partial charge >= 0.3 is 12.3 Å². The Labute approximate surface area is 203 Å². The number of aromatic nitrogens is 3. The number of nitrogens with one attached hydrogen (secondary N) is 1. The van der Waals surface area contributed by atoms with E-state index in [1.54, 1.807) is 36.3 Å². The van der Waals surface area contributed by atoms with Crippen LogP contribution < -0.4 is 5.32 Å². The molecule has 1 aliphatic rings. The number of imidazole rings is 1. The molecule has 186 valence electrons. The molecule has 3 aromatic rings. The average Bonchev–Trinajstić information content (AvgIpc) is 3.38. The van der Waals surface area contributed by atoms with E-state index >= 15 is 0 Å². The molecule has 35 heavy (non-hydrogen) atoms. The molecule has 1 aromatic carbocycles. The molecule has 0 radical (unpaired) electrons. The molecular weight excluding hydrogens is 483 g/mol. The number of alkyl halides is 3. The van der Waals surface area contributed by atoms with E-state index in [1.807, 2.05) is 0 Å². The lowest BCUT2D eigenvalue weighted by Gasteiger charge is -2.29. The zero-order valence-corrected chi connectivity index (χ0v) is 20.2. The number of hydrogen-bond donors (Lipinski definition) is 1. The number of carbonyl (C=O) groups excluding carboxylic acids is 2. The molecule has 0 aliphatic carbocycles. The standard InChI is InChI=1S/C23H24F3N5O3S/c1-22(2,3)34-21(33)31-8-7-17-16(11-31)28-20(35-17)19(32)29-18-12-30(13-27-18)10-14-5-4-6-15(9-14)23(24,25)26/h4-6,9,12-13H,7-8,10-11H2,1-3H3,(H,29,32). The minimum atomic E-state index is -4.42. The second kappa shape index (κ2) is 9.33. The molecular formula is C23H24F3N5O3S. The maximum Gasteiger partial charge on any atom is 0.416 e. The number of thiazole rings is 1. The molecule has 3 heterocycles. The van der Waals surface area contributed by atoms with Gasteiger partial charge in [-0.25, -0.2) is 14.8 Å². The molecule has 0 fully saturated rings. The third-order valence-corrected chi connectivity index (χ3v) is 6.22. The van der Waals surface area contributed by atoms with Crippen molar-refractivity contribution in [3.8, 4) is 0 Å². The Hall–Kier alpha value is -3.41. The molecule has 2 aromatic heterocycles. The van der Waals surface area contributed by atoms with Gasteiger partial charge in [-0.2, -0.15) is 13.2 Å². The normalized spacial score (nSPS) is 13.9. The van der Waals surface area contributed by atoms with Gasteiger partial charge < -0.3 is 19.5 Å². The first kappa shape index (κ1) is 24.7. The predicted molar refractivity (Wildman–Crippen MR) is 123 cm³/mol. The molecule has 0 saturated heterocycles. The number of nitrogens with zero attached hydrogens (tertiary/aromatic N) is 4. The molecule has 1 N–H and O–H groups in total. The largest absolute Gasteiger partial charge is 0.444 e. The van der Waals surface area contributed by atoms with Crippen molar-refractivity contribution in [1.29, 1.82) is 0 Å². The number of benzene rings is 1. The monoisotopic (exact) mass is 507 g/mol. The van der Waals surface area contributed by atoms with Crippen molar-refractivity contribution in [3.63, 3.8) is 0 Å². The zero-order valence-electron chi connectivity index (χ0n) is 19.3. The van der Waals surface area contributed by atoms with Crippen LogP contribution in [0.2, 0.25) is 0 Å². The van der Waals surface area contributed by atoms with Crippen molar-refractivity contribution < 1.29 is 27.5 Å². The molecule has 0 unspecified atom stereocenters. The molecule has 12 heteroatoms. The first-order chi connectivity index (χ1) is 16.4. The van der Waals surface area contributed by atoms with Gasteiger partial charge in [-0.3, -0.25) is 4.79 Å². The second-order valence-electron chi connectivity index (χ2n) is 9.12. The third-order valence-electron chi connectivity index (χ3n) is 5.07. The number of halogens is 3. The summed E-state index contributed by atoms with van der Waals surface area (Å²) in [6.07, 6.45) is -1.29. The fraction of sp³-hybridized carbons (Fsp3) is 0.391. The van der Waals surface area contributed by atoms with Gasteiger partial charge in [0.2, 0.25) is 0 Å². The van der Waals surface area contributed by atoms with Crippen molar-refractivity contribution in [1.82, 2.24) is 19.4 Å². The van der Waals surface area contributed by atoms with E-state index in [0.717, 1.165) is 17.0 Å². The minimum absolute atomic E-state index is 0.166. The molecule has 0 bridgehead atoms. The molecule has 1 aliphatic heterocycles. The van der Waals surface area contributed by atoms with Crippen LogP contribution in [0.15, 0.2) is 36.8 Å². The third kappa shape index (κ3) is 6.18. The lowest BCUT2D eigenvalue weighted by molar-refractivity contribution is -0.137. The van der Waals surface area contributed by atoms with Crippen LogP contribution in [0.4, 0.5) is 23.8 Å². The number of fused-ring (bicyclic) bond motifs is 1. The van der Waals surface area contributed by atoms with Gasteiger partial charge in [0.1, 0.15) is 5.60 Å². The first-order valence-electron chi connectivity index (χ1n) is 10.8. The highest BCUT2D eigenvalue weighted by atomic mass is 32.1. The van der Waals surface area contributed by atoms with Crippen molar-refractivity contribution in [3.05, 3.63) is 63.5 Å².